The molecule has 25 heavy (non-hydrogen) atoms. The predicted molar refractivity (Wildman–Crippen MR) is 103 cm³/mol. The van der Waals surface area contributed by atoms with Crippen LogP contribution in [0.4, 0.5) is 0 Å². The van der Waals surface area contributed by atoms with Crippen molar-refractivity contribution in [2.24, 2.45) is 7.05 Å². The lowest BCUT2D eigenvalue weighted by Gasteiger charge is -2.09. The van der Waals surface area contributed by atoms with E-state index in [9.17, 15) is 0 Å². The van der Waals surface area contributed by atoms with E-state index in [1.807, 2.05) is 11.6 Å². The molecule has 0 radical (unpaired) electrons. The summed E-state index contributed by atoms with van der Waals surface area (Å²) in [5.41, 5.74) is 4.70. The van der Waals surface area contributed by atoms with E-state index in [-0.39, 0.29) is 0 Å². The molecule has 3 aromatic rings. The SMILES string of the molecule is Cc1ccc(-c2nnc(SCCOc3cc(C)ccc3C)n2C)cc1. The second kappa shape index (κ2) is 7.74. The molecule has 3 rings (SSSR count). The molecule has 0 amide bonds. The van der Waals surface area contributed by atoms with Crippen LogP contribution < -0.4 is 4.74 Å². The van der Waals surface area contributed by atoms with E-state index >= 15 is 0 Å². The summed E-state index contributed by atoms with van der Waals surface area (Å²) < 4.78 is 7.94. The van der Waals surface area contributed by atoms with Gasteiger partial charge in [0.1, 0.15) is 5.75 Å². The number of hydrogen-bond acceptors (Lipinski definition) is 4. The Balaban J connectivity index is 1.59. The summed E-state index contributed by atoms with van der Waals surface area (Å²) in [4.78, 5) is 0. The number of aromatic nitrogens is 3. The van der Waals surface area contributed by atoms with E-state index in [1.54, 1.807) is 11.8 Å². The minimum Gasteiger partial charge on any atom is -0.492 e. The van der Waals surface area contributed by atoms with Gasteiger partial charge < -0.3 is 9.30 Å². The van der Waals surface area contributed by atoms with Gasteiger partial charge in [0, 0.05) is 18.4 Å². The van der Waals surface area contributed by atoms with Gasteiger partial charge in [-0.2, -0.15) is 0 Å². The largest absolute Gasteiger partial charge is 0.492 e. The third-order valence-electron chi connectivity index (χ3n) is 4.06. The normalized spacial score (nSPS) is 10.9. The fourth-order valence-electron chi connectivity index (χ4n) is 2.54. The molecule has 0 aliphatic carbocycles. The van der Waals surface area contributed by atoms with Crippen molar-refractivity contribution in [2.45, 2.75) is 25.9 Å². The average molecular weight is 353 g/mol. The van der Waals surface area contributed by atoms with E-state index in [2.05, 4.69) is 73.4 Å². The molecule has 1 aromatic heterocycles. The molecule has 0 saturated heterocycles. The van der Waals surface area contributed by atoms with E-state index in [4.69, 9.17) is 4.74 Å². The summed E-state index contributed by atoms with van der Waals surface area (Å²) in [6.45, 7) is 6.87. The molecule has 0 fully saturated rings. The Hall–Kier alpha value is -2.27. The summed E-state index contributed by atoms with van der Waals surface area (Å²) in [6.07, 6.45) is 0. The van der Waals surface area contributed by atoms with Gasteiger partial charge in [-0.15, -0.1) is 10.2 Å². The zero-order chi connectivity index (χ0) is 17.8. The van der Waals surface area contributed by atoms with Crippen LogP contribution in [0.1, 0.15) is 16.7 Å². The van der Waals surface area contributed by atoms with Crippen LogP contribution in [0.25, 0.3) is 11.4 Å². The van der Waals surface area contributed by atoms with Gasteiger partial charge in [-0.3, -0.25) is 0 Å². The lowest BCUT2D eigenvalue weighted by atomic mass is 10.1. The van der Waals surface area contributed by atoms with Crippen LogP contribution >= 0.6 is 11.8 Å². The minimum atomic E-state index is 0.641. The first kappa shape index (κ1) is 17.5. The van der Waals surface area contributed by atoms with Crippen molar-refractivity contribution in [3.63, 3.8) is 0 Å². The maximum Gasteiger partial charge on any atom is 0.191 e. The molecule has 0 saturated carbocycles. The van der Waals surface area contributed by atoms with Gasteiger partial charge in [0.2, 0.25) is 0 Å². The molecule has 0 aliphatic heterocycles. The van der Waals surface area contributed by atoms with Crippen molar-refractivity contribution < 1.29 is 4.74 Å². The van der Waals surface area contributed by atoms with Crippen LogP contribution in [0.15, 0.2) is 47.6 Å². The monoisotopic (exact) mass is 353 g/mol. The predicted octanol–water partition coefficient (Wildman–Crippen LogP) is 4.58. The van der Waals surface area contributed by atoms with Crippen molar-refractivity contribution >= 4 is 11.8 Å². The number of nitrogens with zero attached hydrogens (tertiary/aromatic N) is 3. The Kier molecular flexibility index (Phi) is 5.43. The molecule has 0 unspecified atom stereocenters. The zero-order valence-electron chi connectivity index (χ0n) is 15.1. The zero-order valence-corrected chi connectivity index (χ0v) is 15.9. The van der Waals surface area contributed by atoms with Crippen molar-refractivity contribution in [1.29, 1.82) is 0 Å². The van der Waals surface area contributed by atoms with Gasteiger partial charge in [0.05, 0.1) is 6.61 Å². The van der Waals surface area contributed by atoms with Crippen molar-refractivity contribution in [3.05, 3.63) is 59.2 Å². The van der Waals surface area contributed by atoms with E-state index in [0.29, 0.717) is 6.61 Å². The fourth-order valence-corrected chi connectivity index (χ4v) is 3.27. The standard InChI is InChI=1S/C20H23N3OS/c1-14-6-9-17(10-7-14)19-21-22-20(23(19)4)25-12-11-24-18-13-15(2)5-8-16(18)3/h5-10,13H,11-12H2,1-4H3. The van der Waals surface area contributed by atoms with Gasteiger partial charge >= 0.3 is 0 Å². The average Bonchev–Trinajstić information content (AvgIpc) is 2.96. The molecular weight excluding hydrogens is 330 g/mol. The molecule has 0 N–H and O–H groups in total. The second-order valence-corrected chi connectivity index (χ2v) is 7.26. The van der Waals surface area contributed by atoms with Crippen LogP contribution in [-0.4, -0.2) is 27.1 Å². The van der Waals surface area contributed by atoms with Gasteiger partial charge in [-0.1, -0.05) is 53.7 Å². The van der Waals surface area contributed by atoms with Crippen LogP contribution in [0.3, 0.4) is 0 Å². The lowest BCUT2D eigenvalue weighted by molar-refractivity contribution is 0.341. The molecule has 0 aliphatic rings. The van der Waals surface area contributed by atoms with Crippen LogP contribution in [-0.2, 0) is 7.05 Å². The molecule has 0 spiro atoms. The van der Waals surface area contributed by atoms with E-state index in [1.165, 1.54) is 11.1 Å². The first-order valence-corrected chi connectivity index (χ1v) is 9.32. The smallest absolute Gasteiger partial charge is 0.191 e. The third-order valence-corrected chi connectivity index (χ3v) is 5.04. The van der Waals surface area contributed by atoms with Crippen LogP contribution in [0.5, 0.6) is 5.75 Å². The second-order valence-electron chi connectivity index (χ2n) is 6.20. The fraction of sp³-hybridized carbons (Fsp3) is 0.300. The number of thioether (sulfide) groups is 1. The Labute approximate surface area is 153 Å². The number of rotatable bonds is 6. The lowest BCUT2D eigenvalue weighted by Crippen LogP contribution is -2.03. The molecule has 2 aromatic carbocycles. The Morgan fingerprint density at radius 2 is 1.68 bits per heavy atom. The molecule has 4 nitrogen and oxygen atoms in total. The summed E-state index contributed by atoms with van der Waals surface area (Å²) in [7, 11) is 2.00. The third kappa shape index (κ3) is 4.23. The quantitative estimate of drug-likeness (QED) is 0.480. The summed E-state index contributed by atoms with van der Waals surface area (Å²) in [6, 6.07) is 14.6. The van der Waals surface area contributed by atoms with Crippen LogP contribution in [0.2, 0.25) is 0 Å². The van der Waals surface area contributed by atoms with Gasteiger partial charge in [-0.05, 0) is 38.0 Å². The first-order chi connectivity index (χ1) is 12.0. The Morgan fingerprint density at radius 1 is 0.960 bits per heavy atom. The van der Waals surface area contributed by atoms with Crippen molar-refractivity contribution in [3.8, 4) is 17.1 Å². The van der Waals surface area contributed by atoms with Gasteiger partial charge in [0.15, 0.2) is 11.0 Å². The van der Waals surface area contributed by atoms with Crippen molar-refractivity contribution in [1.82, 2.24) is 14.8 Å². The minimum absolute atomic E-state index is 0.641. The number of hydrogen-bond donors (Lipinski definition) is 0. The molecule has 0 bridgehead atoms. The Bertz CT molecular complexity index is 856. The number of aryl methyl sites for hydroxylation is 3. The molecule has 5 heteroatoms. The van der Waals surface area contributed by atoms with Crippen LogP contribution in [0, 0.1) is 20.8 Å². The number of ether oxygens (including phenoxy) is 1. The summed E-state index contributed by atoms with van der Waals surface area (Å²) >= 11 is 1.66. The molecule has 0 atom stereocenters. The first-order valence-electron chi connectivity index (χ1n) is 8.34. The van der Waals surface area contributed by atoms with Gasteiger partial charge in [0.25, 0.3) is 0 Å². The maximum atomic E-state index is 5.91. The van der Waals surface area contributed by atoms with E-state index < -0.39 is 0 Å². The molecular formula is C20H23N3OS. The molecule has 1 heterocycles. The highest BCUT2D eigenvalue weighted by Gasteiger charge is 2.11. The number of benzene rings is 2. The Morgan fingerprint density at radius 3 is 2.44 bits per heavy atom. The highest BCUT2D eigenvalue weighted by atomic mass is 32.2. The highest BCUT2D eigenvalue weighted by Crippen LogP contribution is 2.24. The summed E-state index contributed by atoms with van der Waals surface area (Å²) in [5, 5.41) is 9.54. The summed E-state index contributed by atoms with van der Waals surface area (Å²) in [5.74, 6) is 2.67. The topological polar surface area (TPSA) is 39.9 Å². The van der Waals surface area contributed by atoms with E-state index in [0.717, 1.165) is 33.6 Å². The van der Waals surface area contributed by atoms with Gasteiger partial charge in [-0.25, -0.2) is 0 Å². The maximum absolute atomic E-state index is 5.91. The van der Waals surface area contributed by atoms with Crippen molar-refractivity contribution in [2.75, 3.05) is 12.4 Å². The highest BCUT2D eigenvalue weighted by molar-refractivity contribution is 7.99. The molecule has 130 valence electrons.